The summed E-state index contributed by atoms with van der Waals surface area (Å²) >= 11 is 0. The van der Waals surface area contributed by atoms with Crippen LogP contribution in [0.4, 0.5) is 0 Å². The summed E-state index contributed by atoms with van der Waals surface area (Å²) in [7, 11) is 0. The predicted octanol–water partition coefficient (Wildman–Crippen LogP) is 1.02. The number of carbonyl (C=O) groups excluding carboxylic acids is 1. The van der Waals surface area contributed by atoms with E-state index in [0.29, 0.717) is 5.92 Å². The van der Waals surface area contributed by atoms with E-state index in [9.17, 15) is 4.79 Å². The average molecular weight is 196 g/mol. The third kappa shape index (κ3) is 1.61. The Morgan fingerprint density at radius 1 is 1.57 bits per heavy atom. The third-order valence-corrected chi connectivity index (χ3v) is 2.81. The highest BCUT2D eigenvalue weighted by Gasteiger charge is 2.39. The monoisotopic (exact) mass is 196 g/mol. The topological polar surface area (TPSA) is 41.9 Å². The van der Waals surface area contributed by atoms with E-state index in [1.54, 1.807) is 6.92 Å². The second-order valence-electron chi connectivity index (χ2n) is 4.73. The van der Waals surface area contributed by atoms with E-state index in [4.69, 9.17) is 4.84 Å². The van der Waals surface area contributed by atoms with Crippen LogP contribution in [0.1, 0.15) is 27.2 Å². The van der Waals surface area contributed by atoms with E-state index in [1.807, 2.05) is 18.7 Å². The Morgan fingerprint density at radius 3 is 2.64 bits per heavy atom. The van der Waals surface area contributed by atoms with E-state index >= 15 is 0 Å². The molecular formula is C10H16N2O2. The Kier molecular flexibility index (Phi) is 2.01. The van der Waals surface area contributed by atoms with E-state index in [0.717, 1.165) is 25.2 Å². The number of rotatable bonds is 1. The highest BCUT2D eigenvalue weighted by molar-refractivity contribution is 5.90. The fraction of sp³-hybridized carbons (Fsp3) is 0.800. The van der Waals surface area contributed by atoms with Crippen LogP contribution < -0.4 is 0 Å². The van der Waals surface area contributed by atoms with Crippen molar-refractivity contribution in [2.24, 2.45) is 11.1 Å². The van der Waals surface area contributed by atoms with Crippen LogP contribution >= 0.6 is 0 Å². The Balaban J connectivity index is 1.87. The summed E-state index contributed by atoms with van der Waals surface area (Å²) in [5.41, 5.74) is 0.971. The lowest BCUT2D eigenvalue weighted by Crippen LogP contribution is -2.52. The molecular weight excluding hydrogens is 180 g/mol. The lowest BCUT2D eigenvalue weighted by atomic mass is 9.88. The molecule has 0 aromatic heterocycles. The summed E-state index contributed by atoms with van der Waals surface area (Å²) in [4.78, 5) is 18.1. The maximum absolute atomic E-state index is 11.0. The highest BCUT2D eigenvalue weighted by Crippen LogP contribution is 2.29. The molecule has 0 bridgehead atoms. The van der Waals surface area contributed by atoms with Crippen molar-refractivity contribution in [2.75, 3.05) is 13.1 Å². The van der Waals surface area contributed by atoms with Gasteiger partial charge in [0.2, 0.25) is 5.91 Å². The van der Waals surface area contributed by atoms with Crippen LogP contribution in [0.2, 0.25) is 0 Å². The molecule has 0 saturated carbocycles. The Morgan fingerprint density at radius 2 is 2.21 bits per heavy atom. The second kappa shape index (κ2) is 2.97. The molecule has 2 aliphatic heterocycles. The van der Waals surface area contributed by atoms with Crippen molar-refractivity contribution in [1.82, 2.24) is 4.90 Å². The Hall–Kier alpha value is -1.06. The summed E-state index contributed by atoms with van der Waals surface area (Å²) in [5, 5.41) is 4.08. The quantitative estimate of drug-likeness (QED) is 0.628. The van der Waals surface area contributed by atoms with Gasteiger partial charge < -0.3 is 9.74 Å². The molecule has 1 saturated heterocycles. The zero-order chi connectivity index (χ0) is 10.3. The number of amides is 1. The summed E-state index contributed by atoms with van der Waals surface area (Å²) < 4.78 is 0. The van der Waals surface area contributed by atoms with Gasteiger partial charge in [-0.3, -0.25) is 4.79 Å². The van der Waals surface area contributed by atoms with Gasteiger partial charge in [0.1, 0.15) is 5.60 Å². The largest absolute Gasteiger partial charge is 0.389 e. The smallest absolute Gasteiger partial charge is 0.219 e. The van der Waals surface area contributed by atoms with Crippen molar-refractivity contribution in [2.45, 2.75) is 32.8 Å². The molecule has 2 rings (SSSR count). The van der Waals surface area contributed by atoms with Crippen molar-refractivity contribution in [3.8, 4) is 0 Å². The van der Waals surface area contributed by atoms with Crippen LogP contribution in [0.3, 0.4) is 0 Å². The molecule has 0 N–H and O–H groups in total. The fourth-order valence-electron chi connectivity index (χ4n) is 1.85. The number of likely N-dealkylation sites (tertiary alicyclic amines) is 1. The van der Waals surface area contributed by atoms with Gasteiger partial charge in [-0.2, -0.15) is 0 Å². The molecule has 0 unspecified atom stereocenters. The van der Waals surface area contributed by atoms with Crippen LogP contribution in [-0.4, -0.2) is 35.2 Å². The Bertz CT molecular complexity index is 290. The number of carbonyl (C=O) groups is 1. The van der Waals surface area contributed by atoms with Crippen molar-refractivity contribution >= 4 is 11.6 Å². The Labute approximate surface area is 83.9 Å². The normalized spacial score (nSPS) is 25.4. The van der Waals surface area contributed by atoms with Crippen LogP contribution in [0.5, 0.6) is 0 Å². The van der Waals surface area contributed by atoms with E-state index < -0.39 is 0 Å². The number of nitrogens with zero attached hydrogens (tertiary/aromatic N) is 2. The second-order valence-corrected chi connectivity index (χ2v) is 4.73. The van der Waals surface area contributed by atoms with Crippen molar-refractivity contribution in [3.05, 3.63) is 0 Å². The van der Waals surface area contributed by atoms with Gasteiger partial charge in [0.25, 0.3) is 0 Å². The third-order valence-electron chi connectivity index (χ3n) is 2.81. The van der Waals surface area contributed by atoms with Crippen LogP contribution in [0.15, 0.2) is 5.16 Å². The molecule has 78 valence electrons. The molecule has 0 atom stereocenters. The van der Waals surface area contributed by atoms with Crippen LogP contribution in [0.25, 0.3) is 0 Å². The van der Waals surface area contributed by atoms with Crippen LogP contribution in [-0.2, 0) is 9.63 Å². The lowest BCUT2D eigenvalue weighted by Gasteiger charge is -2.38. The minimum Gasteiger partial charge on any atom is -0.389 e. The van der Waals surface area contributed by atoms with Crippen molar-refractivity contribution in [3.63, 3.8) is 0 Å². The van der Waals surface area contributed by atoms with Gasteiger partial charge in [0.05, 0.1) is 5.71 Å². The average Bonchev–Trinajstić information content (AvgIpc) is 2.26. The summed E-state index contributed by atoms with van der Waals surface area (Å²) in [6.07, 6.45) is 0.892. The minimum absolute atomic E-state index is 0.147. The van der Waals surface area contributed by atoms with E-state index in [2.05, 4.69) is 5.16 Å². The summed E-state index contributed by atoms with van der Waals surface area (Å²) in [6.45, 7) is 7.30. The first-order chi connectivity index (χ1) is 6.48. The maximum atomic E-state index is 11.0. The van der Waals surface area contributed by atoms with E-state index in [1.165, 1.54) is 0 Å². The molecule has 1 fully saturated rings. The van der Waals surface area contributed by atoms with Gasteiger partial charge in [0, 0.05) is 32.4 Å². The first-order valence-corrected chi connectivity index (χ1v) is 4.98. The summed E-state index contributed by atoms with van der Waals surface area (Å²) in [5.74, 6) is 0.584. The molecule has 0 aromatic carbocycles. The van der Waals surface area contributed by atoms with Gasteiger partial charge in [-0.05, 0) is 13.8 Å². The lowest BCUT2D eigenvalue weighted by molar-refractivity contribution is -0.133. The van der Waals surface area contributed by atoms with Gasteiger partial charge in [-0.25, -0.2) is 0 Å². The number of hydrogen-bond acceptors (Lipinski definition) is 3. The fourth-order valence-corrected chi connectivity index (χ4v) is 1.85. The molecule has 2 aliphatic rings. The molecule has 14 heavy (non-hydrogen) atoms. The molecule has 0 aromatic rings. The first kappa shape index (κ1) is 9.49. The predicted molar refractivity (Wildman–Crippen MR) is 53.0 cm³/mol. The number of hydrogen-bond donors (Lipinski definition) is 0. The molecule has 4 heteroatoms. The molecule has 0 aliphatic carbocycles. The first-order valence-electron chi connectivity index (χ1n) is 4.98. The van der Waals surface area contributed by atoms with Gasteiger partial charge in [-0.1, -0.05) is 5.16 Å². The number of oxime groups is 1. The van der Waals surface area contributed by atoms with Gasteiger partial charge in [0.15, 0.2) is 0 Å². The highest BCUT2D eigenvalue weighted by atomic mass is 16.7. The minimum atomic E-state index is -0.147. The van der Waals surface area contributed by atoms with Gasteiger partial charge in [-0.15, -0.1) is 0 Å². The van der Waals surface area contributed by atoms with E-state index in [-0.39, 0.29) is 11.5 Å². The molecule has 2 heterocycles. The summed E-state index contributed by atoms with van der Waals surface area (Å²) in [6, 6.07) is 0. The molecule has 4 nitrogen and oxygen atoms in total. The molecule has 0 radical (unpaired) electrons. The standard InChI is InChI=1S/C10H16N2O2/c1-7(13)12-5-8(6-12)9-4-10(2,3)14-11-9/h8H,4-6H2,1-3H3. The van der Waals surface area contributed by atoms with Crippen molar-refractivity contribution in [1.29, 1.82) is 0 Å². The van der Waals surface area contributed by atoms with Crippen molar-refractivity contribution < 1.29 is 9.63 Å². The molecule has 0 spiro atoms. The van der Waals surface area contributed by atoms with Crippen LogP contribution in [0, 0.1) is 5.92 Å². The van der Waals surface area contributed by atoms with Gasteiger partial charge >= 0.3 is 0 Å². The maximum Gasteiger partial charge on any atom is 0.219 e. The zero-order valence-corrected chi connectivity index (χ0v) is 8.91. The zero-order valence-electron chi connectivity index (χ0n) is 8.91. The molecule has 1 amide bonds. The SMILES string of the molecule is CC(=O)N1CC(C2=NOC(C)(C)C2)C1.